The van der Waals surface area contributed by atoms with E-state index in [0.29, 0.717) is 25.3 Å². The Bertz CT molecular complexity index is 861. The van der Waals surface area contributed by atoms with Crippen molar-refractivity contribution < 1.29 is 9.59 Å². The zero-order valence-corrected chi connectivity index (χ0v) is 17.9. The van der Waals surface area contributed by atoms with Gasteiger partial charge in [0.2, 0.25) is 11.8 Å². The van der Waals surface area contributed by atoms with Crippen LogP contribution in [0.1, 0.15) is 49.7 Å². The number of carbonyl (C=O) groups is 2. The number of likely N-dealkylation sites (tertiary alicyclic amines) is 1. The number of nitrogens with zero attached hydrogens (tertiary/aromatic N) is 5. The van der Waals surface area contributed by atoms with Gasteiger partial charge in [0.15, 0.2) is 0 Å². The first-order chi connectivity index (χ1) is 13.9. The zero-order valence-electron chi connectivity index (χ0n) is 17.9. The van der Waals surface area contributed by atoms with Crippen LogP contribution in [0, 0.1) is 26.7 Å². The van der Waals surface area contributed by atoms with Crippen LogP contribution in [0.25, 0.3) is 0 Å². The van der Waals surface area contributed by atoms with Crippen molar-refractivity contribution >= 4 is 17.5 Å². The van der Waals surface area contributed by atoms with Gasteiger partial charge in [-0.15, -0.1) is 0 Å². The second-order valence-electron chi connectivity index (χ2n) is 7.91. The van der Waals surface area contributed by atoms with Gasteiger partial charge < -0.3 is 10.2 Å². The van der Waals surface area contributed by atoms with E-state index in [2.05, 4.69) is 15.5 Å². The Balaban J connectivity index is 1.43. The summed E-state index contributed by atoms with van der Waals surface area (Å²) >= 11 is 0. The molecule has 2 aromatic heterocycles. The number of anilines is 1. The summed E-state index contributed by atoms with van der Waals surface area (Å²) in [6.45, 7) is 10.7. The molecule has 2 aromatic rings. The van der Waals surface area contributed by atoms with Crippen LogP contribution in [-0.4, -0.2) is 49.4 Å². The Morgan fingerprint density at radius 3 is 2.48 bits per heavy atom. The summed E-state index contributed by atoms with van der Waals surface area (Å²) in [5.41, 5.74) is 3.64. The summed E-state index contributed by atoms with van der Waals surface area (Å²) in [6.07, 6.45) is 4.59. The molecular formula is C21H32N6O2. The minimum atomic E-state index is 0.0330. The highest BCUT2D eigenvalue weighted by molar-refractivity contribution is 5.92. The van der Waals surface area contributed by atoms with Gasteiger partial charge >= 0.3 is 0 Å². The predicted octanol–water partition coefficient (Wildman–Crippen LogP) is 2.68. The maximum atomic E-state index is 12.5. The molecule has 0 unspecified atom stereocenters. The molecule has 0 bridgehead atoms. The Morgan fingerprint density at radius 2 is 1.90 bits per heavy atom. The molecule has 3 rings (SSSR count). The highest BCUT2D eigenvalue weighted by Crippen LogP contribution is 2.24. The van der Waals surface area contributed by atoms with Crippen LogP contribution >= 0.6 is 0 Å². The number of rotatable bonds is 7. The van der Waals surface area contributed by atoms with E-state index >= 15 is 0 Å². The Kier molecular flexibility index (Phi) is 6.71. The first kappa shape index (κ1) is 21.1. The number of hydrogen-bond acceptors (Lipinski definition) is 4. The molecule has 0 atom stereocenters. The Labute approximate surface area is 172 Å². The highest BCUT2D eigenvalue weighted by atomic mass is 16.2. The van der Waals surface area contributed by atoms with Gasteiger partial charge in [0.05, 0.1) is 22.8 Å². The second kappa shape index (κ2) is 9.24. The lowest BCUT2D eigenvalue weighted by molar-refractivity contribution is -0.132. The normalized spacial score (nSPS) is 15.0. The molecule has 0 spiro atoms. The van der Waals surface area contributed by atoms with E-state index in [-0.39, 0.29) is 11.8 Å². The molecular weight excluding hydrogens is 368 g/mol. The standard InChI is InChI=1S/C21H32N6O2/c1-5-27-17(4)21(16(3)24-27)22-19(28)14-18-7-10-25(11-8-18)20(29)9-13-26-12-6-15(2)23-26/h6,12,18H,5,7-11,13-14H2,1-4H3,(H,22,28). The lowest BCUT2D eigenvalue weighted by Gasteiger charge is -2.31. The van der Waals surface area contributed by atoms with Crippen molar-refractivity contribution in [2.45, 2.75) is 66.5 Å². The third kappa shape index (κ3) is 5.25. The fourth-order valence-corrected chi connectivity index (χ4v) is 3.98. The molecule has 0 aliphatic carbocycles. The first-order valence-corrected chi connectivity index (χ1v) is 10.5. The first-order valence-electron chi connectivity index (χ1n) is 10.5. The molecule has 1 aliphatic rings. The number of hydrogen-bond donors (Lipinski definition) is 1. The molecule has 3 heterocycles. The van der Waals surface area contributed by atoms with Crippen LogP contribution in [0.4, 0.5) is 5.69 Å². The van der Waals surface area contributed by atoms with Crippen LogP contribution in [0.3, 0.4) is 0 Å². The van der Waals surface area contributed by atoms with Gasteiger partial charge in [0, 0.05) is 45.2 Å². The highest BCUT2D eigenvalue weighted by Gasteiger charge is 2.25. The van der Waals surface area contributed by atoms with Crippen molar-refractivity contribution in [3.05, 3.63) is 29.3 Å². The molecule has 1 saturated heterocycles. The molecule has 0 radical (unpaired) electrons. The average molecular weight is 401 g/mol. The molecule has 8 heteroatoms. The topological polar surface area (TPSA) is 85.0 Å². The zero-order chi connectivity index (χ0) is 21.0. The minimum Gasteiger partial charge on any atom is -0.343 e. The van der Waals surface area contributed by atoms with Crippen molar-refractivity contribution in [1.82, 2.24) is 24.5 Å². The van der Waals surface area contributed by atoms with E-state index in [4.69, 9.17) is 0 Å². The van der Waals surface area contributed by atoms with E-state index in [1.165, 1.54) is 0 Å². The molecule has 29 heavy (non-hydrogen) atoms. The molecule has 2 amide bonds. The van der Waals surface area contributed by atoms with Gasteiger partial charge in [-0.3, -0.25) is 19.0 Å². The lowest BCUT2D eigenvalue weighted by atomic mass is 9.93. The molecule has 1 aliphatic heterocycles. The number of nitrogens with one attached hydrogen (secondary N) is 1. The number of carbonyl (C=O) groups excluding carboxylic acids is 2. The molecule has 1 N–H and O–H groups in total. The summed E-state index contributed by atoms with van der Waals surface area (Å²) in [7, 11) is 0. The summed E-state index contributed by atoms with van der Waals surface area (Å²) in [4.78, 5) is 26.9. The fraction of sp³-hybridized carbons (Fsp3) is 0.619. The van der Waals surface area contributed by atoms with E-state index in [1.54, 1.807) is 0 Å². The van der Waals surface area contributed by atoms with Gasteiger partial charge in [0.1, 0.15) is 0 Å². The fourth-order valence-electron chi connectivity index (χ4n) is 3.98. The third-order valence-electron chi connectivity index (χ3n) is 5.72. The molecule has 158 valence electrons. The quantitative estimate of drug-likeness (QED) is 0.774. The summed E-state index contributed by atoms with van der Waals surface area (Å²) in [5, 5.41) is 11.8. The van der Waals surface area contributed by atoms with Crippen LogP contribution in [0.15, 0.2) is 12.3 Å². The number of aromatic nitrogens is 4. The van der Waals surface area contributed by atoms with Crippen molar-refractivity contribution in [2.75, 3.05) is 18.4 Å². The molecule has 0 aromatic carbocycles. The smallest absolute Gasteiger partial charge is 0.224 e. The Hall–Kier alpha value is -2.64. The van der Waals surface area contributed by atoms with E-state index in [9.17, 15) is 9.59 Å². The SMILES string of the molecule is CCn1nc(C)c(NC(=O)CC2CCN(C(=O)CCn3ccc(C)n3)CC2)c1C. The van der Waals surface area contributed by atoms with Gasteiger partial charge in [-0.05, 0) is 52.5 Å². The number of amides is 2. The van der Waals surface area contributed by atoms with Crippen LogP contribution in [0.5, 0.6) is 0 Å². The van der Waals surface area contributed by atoms with E-state index < -0.39 is 0 Å². The molecule has 0 saturated carbocycles. The van der Waals surface area contributed by atoms with Gasteiger partial charge in [0.25, 0.3) is 0 Å². The molecule has 8 nitrogen and oxygen atoms in total. The van der Waals surface area contributed by atoms with Crippen LogP contribution in [-0.2, 0) is 22.7 Å². The van der Waals surface area contributed by atoms with Crippen molar-refractivity contribution in [1.29, 1.82) is 0 Å². The van der Waals surface area contributed by atoms with Gasteiger partial charge in [-0.25, -0.2) is 0 Å². The van der Waals surface area contributed by atoms with E-state index in [1.807, 2.05) is 54.2 Å². The maximum Gasteiger partial charge on any atom is 0.224 e. The van der Waals surface area contributed by atoms with E-state index in [0.717, 1.165) is 55.2 Å². The molecule has 1 fully saturated rings. The minimum absolute atomic E-state index is 0.0330. The summed E-state index contributed by atoms with van der Waals surface area (Å²) in [5.74, 6) is 0.514. The van der Waals surface area contributed by atoms with Crippen LogP contribution in [0.2, 0.25) is 0 Å². The predicted molar refractivity (Wildman–Crippen MR) is 112 cm³/mol. The number of piperidine rings is 1. The third-order valence-corrected chi connectivity index (χ3v) is 5.72. The summed E-state index contributed by atoms with van der Waals surface area (Å²) < 4.78 is 3.72. The Morgan fingerprint density at radius 1 is 1.17 bits per heavy atom. The number of aryl methyl sites for hydroxylation is 4. The average Bonchev–Trinajstić information content (AvgIpc) is 3.24. The maximum absolute atomic E-state index is 12.5. The van der Waals surface area contributed by atoms with Gasteiger partial charge in [-0.1, -0.05) is 0 Å². The van der Waals surface area contributed by atoms with Crippen LogP contribution < -0.4 is 5.32 Å². The summed E-state index contributed by atoms with van der Waals surface area (Å²) in [6, 6.07) is 1.94. The van der Waals surface area contributed by atoms with Crippen molar-refractivity contribution in [3.63, 3.8) is 0 Å². The lowest BCUT2D eigenvalue weighted by Crippen LogP contribution is -2.39. The largest absolute Gasteiger partial charge is 0.343 e. The van der Waals surface area contributed by atoms with Crippen molar-refractivity contribution in [2.24, 2.45) is 5.92 Å². The second-order valence-corrected chi connectivity index (χ2v) is 7.91. The van der Waals surface area contributed by atoms with Gasteiger partial charge in [-0.2, -0.15) is 10.2 Å². The monoisotopic (exact) mass is 400 g/mol. The van der Waals surface area contributed by atoms with Crippen molar-refractivity contribution in [3.8, 4) is 0 Å².